The van der Waals surface area contributed by atoms with E-state index in [0.29, 0.717) is 6.54 Å². The molecule has 2 rings (SSSR count). The Hall–Kier alpha value is -1.49. The average Bonchev–Trinajstić information content (AvgIpc) is 2.46. The highest BCUT2D eigenvalue weighted by molar-refractivity contribution is 7.89. The van der Waals surface area contributed by atoms with Crippen molar-refractivity contribution in [2.45, 2.75) is 17.7 Å². The summed E-state index contributed by atoms with van der Waals surface area (Å²) < 4.78 is 40.5. The molecule has 1 N–H and O–H groups in total. The molecule has 5 nitrogen and oxygen atoms in total. The molecule has 1 aromatic carbocycles. The van der Waals surface area contributed by atoms with Gasteiger partial charge in [-0.05, 0) is 51.0 Å². The van der Waals surface area contributed by atoms with E-state index < -0.39 is 21.4 Å². The van der Waals surface area contributed by atoms with Gasteiger partial charge in [0, 0.05) is 6.54 Å². The van der Waals surface area contributed by atoms with Crippen LogP contribution in [0.15, 0.2) is 23.1 Å². The molecule has 0 amide bonds. The number of rotatable bonds is 4. The average molecular weight is 311 g/mol. The van der Waals surface area contributed by atoms with E-state index in [0.717, 1.165) is 32.0 Å². The number of nitrogens with zero attached hydrogens (tertiary/aromatic N) is 2. The third kappa shape index (κ3) is 3.79. The number of piperidine rings is 1. The van der Waals surface area contributed by atoms with Crippen LogP contribution in [0.3, 0.4) is 0 Å². The molecule has 1 aliphatic rings. The van der Waals surface area contributed by atoms with Crippen molar-refractivity contribution in [2.75, 3.05) is 26.7 Å². The highest BCUT2D eigenvalue weighted by atomic mass is 32.2. The van der Waals surface area contributed by atoms with Crippen LogP contribution in [0.1, 0.15) is 18.4 Å². The van der Waals surface area contributed by atoms with Gasteiger partial charge in [0.15, 0.2) is 0 Å². The fraction of sp³-hybridized carbons (Fsp3) is 0.500. The molecule has 1 fully saturated rings. The van der Waals surface area contributed by atoms with Gasteiger partial charge in [0.2, 0.25) is 10.0 Å². The van der Waals surface area contributed by atoms with Gasteiger partial charge in [-0.3, -0.25) is 0 Å². The largest absolute Gasteiger partial charge is 0.306 e. The van der Waals surface area contributed by atoms with Crippen LogP contribution in [-0.4, -0.2) is 40.0 Å². The predicted molar refractivity (Wildman–Crippen MR) is 76.5 cm³/mol. The first-order chi connectivity index (χ1) is 9.94. The Morgan fingerprint density at radius 3 is 2.71 bits per heavy atom. The topological polar surface area (TPSA) is 73.2 Å². The molecule has 1 saturated heterocycles. The Morgan fingerprint density at radius 2 is 2.10 bits per heavy atom. The number of likely N-dealkylation sites (tertiary alicyclic amines) is 1. The van der Waals surface area contributed by atoms with E-state index in [1.165, 1.54) is 12.1 Å². The van der Waals surface area contributed by atoms with E-state index in [1.807, 2.05) is 7.05 Å². The number of hydrogen-bond acceptors (Lipinski definition) is 4. The Morgan fingerprint density at radius 1 is 1.43 bits per heavy atom. The fourth-order valence-corrected chi connectivity index (χ4v) is 3.69. The summed E-state index contributed by atoms with van der Waals surface area (Å²) in [6.45, 7) is 2.20. The first-order valence-corrected chi connectivity index (χ1v) is 8.29. The van der Waals surface area contributed by atoms with Crippen molar-refractivity contribution in [3.05, 3.63) is 29.6 Å². The second kappa shape index (κ2) is 6.52. The summed E-state index contributed by atoms with van der Waals surface area (Å²) in [5, 5.41) is 8.92. The maximum atomic E-state index is 13.5. The standard InChI is InChI=1S/C14H18FN3O2S/c1-18-7-5-11(6-8-18)10-17-21(19,20)14-4-2-3-13(15)12(14)9-16/h2-4,11,17H,5-8,10H2,1H3. The van der Waals surface area contributed by atoms with Gasteiger partial charge in [-0.1, -0.05) is 6.07 Å². The van der Waals surface area contributed by atoms with Gasteiger partial charge in [0.25, 0.3) is 0 Å². The van der Waals surface area contributed by atoms with Gasteiger partial charge in [-0.25, -0.2) is 17.5 Å². The molecule has 0 saturated carbocycles. The zero-order valence-electron chi connectivity index (χ0n) is 11.8. The van der Waals surface area contributed by atoms with Gasteiger partial charge in [0.05, 0.1) is 0 Å². The Kier molecular flexibility index (Phi) is 4.93. The number of nitriles is 1. The predicted octanol–water partition coefficient (Wildman–Crippen LogP) is 1.32. The molecular weight excluding hydrogens is 293 g/mol. The zero-order valence-corrected chi connectivity index (χ0v) is 12.7. The van der Waals surface area contributed by atoms with Crippen molar-refractivity contribution in [2.24, 2.45) is 5.92 Å². The number of sulfonamides is 1. The molecule has 1 aromatic rings. The minimum atomic E-state index is -3.86. The van der Waals surface area contributed by atoms with Crippen LogP contribution in [0, 0.1) is 23.1 Å². The van der Waals surface area contributed by atoms with Crippen molar-refractivity contribution in [3.63, 3.8) is 0 Å². The number of benzene rings is 1. The fourth-order valence-electron chi connectivity index (χ4n) is 2.41. The van der Waals surface area contributed by atoms with Crippen molar-refractivity contribution < 1.29 is 12.8 Å². The van der Waals surface area contributed by atoms with Crippen molar-refractivity contribution in [1.29, 1.82) is 5.26 Å². The first kappa shape index (κ1) is 15.9. The molecule has 7 heteroatoms. The molecular formula is C14H18FN3O2S. The van der Waals surface area contributed by atoms with Crippen LogP contribution in [0.2, 0.25) is 0 Å². The van der Waals surface area contributed by atoms with Gasteiger partial charge in [-0.15, -0.1) is 0 Å². The number of nitrogens with one attached hydrogen (secondary N) is 1. The minimum Gasteiger partial charge on any atom is -0.306 e. The zero-order chi connectivity index (χ0) is 15.5. The van der Waals surface area contributed by atoms with Gasteiger partial charge in [0.1, 0.15) is 22.3 Å². The molecule has 0 bridgehead atoms. The normalized spacial score (nSPS) is 17.6. The van der Waals surface area contributed by atoms with Crippen molar-refractivity contribution >= 4 is 10.0 Å². The van der Waals surface area contributed by atoms with Crippen LogP contribution in [-0.2, 0) is 10.0 Å². The van der Waals surface area contributed by atoms with Crippen LogP contribution >= 0.6 is 0 Å². The van der Waals surface area contributed by atoms with Crippen LogP contribution in [0.5, 0.6) is 0 Å². The summed E-state index contributed by atoms with van der Waals surface area (Å²) in [4.78, 5) is 1.91. The Bertz CT molecular complexity index is 647. The molecule has 1 heterocycles. The molecule has 0 atom stereocenters. The molecule has 0 radical (unpaired) electrons. The highest BCUT2D eigenvalue weighted by Crippen LogP contribution is 2.19. The van der Waals surface area contributed by atoms with Crippen LogP contribution < -0.4 is 4.72 Å². The lowest BCUT2D eigenvalue weighted by Gasteiger charge is -2.28. The smallest absolute Gasteiger partial charge is 0.242 e. The van der Waals surface area contributed by atoms with E-state index in [9.17, 15) is 12.8 Å². The number of hydrogen-bond donors (Lipinski definition) is 1. The Balaban J connectivity index is 2.09. The Labute approximate surface area is 124 Å². The molecule has 1 aliphatic heterocycles. The summed E-state index contributed by atoms with van der Waals surface area (Å²) in [5.41, 5.74) is -0.437. The molecule has 114 valence electrons. The lowest BCUT2D eigenvalue weighted by molar-refractivity contribution is 0.220. The molecule has 0 aliphatic carbocycles. The second-order valence-electron chi connectivity index (χ2n) is 5.32. The summed E-state index contributed by atoms with van der Waals surface area (Å²) in [7, 11) is -1.83. The minimum absolute atomic E-state index is 0.273. The van der Waals surface area contributed by atoms with E-state index in [-0.39, 0.29) is 10.8 Å². The second-order valence-corrected chi connectivity index (χ2v) is 7.06. The first-order valence-electron chi connectivity index (χ1n) is 6.81. The third-order valence-electron chi connectivity index (χ3n) is 3.78. The summed E-state index contributed by atoms with van der Waals surface area (Å²) in [6, 6.07) is 5.23. The summed E-state index contributed by atoms with van der Waals surface area (Å²) >= 11 is 0. The van der Waals surface area contributed by atoms with Gasteiger partial charge >= 0.3 is 0 Å². The maximum Gasteiger partial charge on any atom is 0.242 e. The van der Waals surface area contributed by atoms with Crippen molar-refractivity contribution in [1.82, 2.24) is 9.62 Å². The number of halogens is 1. The van der Waals surface area contributed by atoms with Crippen molar-refractivity contribution in [3.8, 4) is 6.07 Å². The SMILES string of the molecule is CN1CCC(CNS(=O)(=O)c2cccc(F)c2C#N)CC1. The summed E-state index contributed by atoms with van der Waals surface area (Å²) in [5.74, 6) is -0.547. The van der Waals surface area contributed by atoms with E-state index in [4.69, 9.17) is 5.26 Å². The molecule has 0 unspecified atom stereocenters. The third-order valence-corrected chi connectivity index (χ3v) is 5.24. The van der Waals surface area contributed by atoms with Crippen LogP contribution in [0.4, 0.5) is 4.39 Å². The van der Waals surface area contributed by atoms with E-state index in [1.54, 1.807) is 6.07 Å². The lowest BCUT2D eigenvalue weighted by Crippen LogP contribution is -2.37. The highest BCUT2D eigenvalue weighted by Gasteiger charge is 2.23. The van der Waals surface area contributed by atoms with Crippen LogP contribution in [0.25, 0.3) is 0 Å². The van der Waals surface area contributed by atoms with E-state index in [2.05, 4.69) is 9.62 Å². The molecule has 0 spiro atoms. The summed E-state index contributed by atoms with van der Waals surface area (Å²) in [6.07, 6.45) is 1.85. The van der Waals surface area contributed by atoms with E-state index >= 15 is 0 Å². The monoisotopic (exact) mass is 311 g/mol. The lowest BCUT2D eigenvalue weighted by atomic mass is 9.98. The van der Waals surface area contributed by atoms with Gasteiger partial charge < -0.3 is 4.90 Å². The van der Waals surface area contributed by atoms with Gasteiger partial charge in [-0.2, -0.15) is 5.26 Å². The maximum absolute atomic E-state index is 13.5. The molecule has 21 heavy (non-hydrogen) atoms. The molecule has 0 aromatic heterocycles. The quantitative estimate of drug-likeness (QED) is 0.910.